The van der Waals surface area contributed by atoms with Gasteiger partial charge in [-0.1, -0.05) is 30.7 Å². The molecule has 1 aliphatic carbocycles. The van der Waals surface area contributed by atoms with Crippen LogP contribution in [0.4, 0.5) is 0 Å². The van der Waals surface area contributed by atoms with E-state index in [1.54, 1.807) is 0 Å². The molecule has 2 heteroatoms. The van der Waals surface area contributed by atoms with E-state index in [0.29, 0.717) is 0 Å². The zero-order valence-electron chi connectivity index (χ0n) is 11.6. The van der Waals surface area contributed by atoms with Crippen molar-refractivity contribution < 1.29 is 9.53 Å². The van der Waals surface area contributed by atoms with E-state index in [1.807, 2.05) is 24.3 Å². The number of hydrogen-bond acceptors (Lipinski definition) is 2. The van der Waals surface area contributed by atoms with Crippen molar-refractivity contribution in [1.29, 1.82) is 0 Å². The van der Waals surface area contributed by atoms with Gasteiger partial charge in [0.25, 0.3) is 0 Å². The first kappa shape index (κ1) is 12.5. The second-order valence-electron chi connectivity index (χ2n) is 6.01. The summed E-state index contributed by atoms with van der Waals surface area (Å²) in [6.45, 7) is 4.45. The highest BCUT2D eigenvalue weighted by Crippen LogP contribution is 2.43. The molecular weight excluding hydrogens is 236 g/mol. The van der Waals surface area contributed by atoms with E-state index in [0.717, 1.165) is 24.2 Å². The lowest BCUT2D eigenvalue weighted by atomic mass is 9.71. The van der Waals surface area contributed by atoms with Crippen LogP contribution >= 0.6 is 0 Å². The summed E-state index contributed by atoms with van der Waals surface area (Å²) in [4.78, 5) is 12.4. The summed E-state index contributed by atoms with van der Waals surface area (Å²) in [5, 5.41) is 0. The van der Waals surface area contributed by atoms with Gasteiger partial charge in [-0.25, -0.2) is 0 Å². The smallest absolute Gasteiger partial charge is 0.207 e. The maximum absolute atomic E-state index is 12.4. The van der Waals surface area contributed by atoms with Crippen molar-refractivity contribution in [3.05, 3.63) is 41.5 Å². The van der Waals surface area contributed by atoms with Gasteiger partial charge in [-0.3, -0.25) is 4.79 Å². The van der Waals surface area contributed by atoms with Gasteiger partial charge in [0.05, 0.1) is 5.56 Å². The van der Waals surface area contributed by atoms with E-state index in [1.165, 1.54) is 18.4 Å². The fourth-order valence-corrected chi connectivity index (χ4v) is 3.21. The molecule has 3 rings (SSSR count). The fraction of sp³-hybridized carbons (Fsp3) is 0.471. The van der Waals surface area contributed by atoms with Crippen LogP contribution in [0, 0.1) is 5.41 Å². The molecule has 100 valence electrons. The van der Waals surface area contributed by atoms with Gasteiger partial charge in [0.1, 0.15) is 5.75 Å². The van der Waals surface area contributed by atoms with Gasteiger partial charge in [0, 0.05) is 6.42 Å². The fourth-order valence-electron chi connectivity index (χ4n) is 3.21. The zero-order valence-corrected chi connectivity index (χ0v) is 11.6. The van der Waals surface area contributed by atoms with Gasteiger partial charge >= 0.3 is 0 Å². The molecule has 2 nitrogen and oxygen atoms in total. The van der Waals surface area contributed by atoms with E-state index >= 15 is 0 Å². The monoisotopic (exact) mass is 256 g/mol. The predicted octanol–water partition coefficient (Wildman–Crippen LogP) is 4.16. The molecule has 0 amide bonds. The minimum Gasteiger partial charge on any atom is -0.481 e. The average Bonchev–Trinajstić information content (AvgIpc) is 2.71. The van der Waals surface area contributed by atoms with Gasteiger partial charge in [-0.05, 0) is 43.7 Å². The van der Waals surface area contributed by atoms with E-state index in [9.17, 15) is 4.79 Å². The second-order valence-corrected chi connectivity index (χ2v) is 6.01. The van der Waals surface area contributed by atoms with E-state index in [-0.39, 0.29) is 17.3 Å². The van der Waals surface area contributed by atoms with Gasteiger partial charge in [-0.2, -0.15) is 0 Å². The number of allylic oxidation sites excluding steroid dienone is 2. The summed E-state index contributed by atoms with van der Waals surface area (Å²) >= 11 is 0. The van der Waals surface area contributed by atoms with Gasteiger partial charge < -0.3 is 4.74 Å². The van der Waals surface area contributed by atoms with Crippen LogP contribution < -0.4 is 4.74 Å². The normalized spacial score (nSPS) is 29.7. The summed E-state index contributed by atoms with van der Waals surface area (Å²) < 4.78 is 5.86. The largest absolute Gasteiger partial charge is 0.481 e. The Morgan fingerprint density at radius 2 is 2.16 bits per heavy atom. The Morgan fingerprint density at radius 3 is 2.89 bits per heavy atom. The number of ketones is 1. The van der Waals surface area contributed by atoms with Gasteiger partial charge in [0.15, 0.2) is 6.10 Å². The number of carbonyl (C=O) groups excluding carboxylic acids is 1. The average molecular weight is 256 g/mol. The first-order valence-corrected chi connectivity index (χ1v) is 7.07. The van der Waals surface area contributed by atoms with Crippen LogP contribution in [0.15, 0.2) is 35.9 Å². The third-order valence-corrected chi connectivity index (χ3v) is 4.69. The molecular formula is C17H20O2. The number of hydrogen-bond donors (Lipinski definition) is 0. The Bertz CT molecular complexity index is 544. The highest BCUT2D eigenvalue weighted by atomic mass is 16.5. The molecule has 0 aromatic heterocycles. The molecule has 0 radical (unpaired) electrons. The summed E-state index contributed by atoms with van der Waals surface area (Å²) in [6.07, 6.45) is 6.34. The minimum absolute atomic E-state index is 0.112. The number of ether oxygens (including phenoxy) is 1. The van der Waals surface area contributed by atoms with Crippen LogP contribution in [0.25, 0.3) is 0 Å². The van der Waals surface area contributed by atoms with Crippen molar-refractivity contribution in [2.45, 2.75) is 45.6 Å². The minimum atomic E-state index is -0.302. The lowest BCUT2D eigenvalue weighted by Gasteiger charge is -2.35. The lowest BCUT2D eigenvalue weighted by Crippen LogP contribution is -2.32. The SMILES string of the molecule is CC1=CCCC[C@@]1(C)CC1Oc2ccccc2C1=O. The molecule has 1 unspecified atom stereocenters. The number of rotatable bonds is 2. The number of fused-ring (bicyclic) bond motifs is 1. The van der Waals surface area contributed by atoms with Crippen LogP contribution in [0.1, 0.15) is 49.9 Å². The van der Waals surface area contributed by atoms with E-state index in [2.05, 4.69) is 19.9 Å². The molecule has 0 fully saturated rings. The van der Waals surface area contributed by atoms with Crippen LogP contribution in [-0.4, -0.2) is 11.9 Å². The third-order valence-electron chi connectivity index (χ3n) is 4.69. The number of carbonyl (C=O) groups is 1. The summed E-state index contributed by atoms with van der Waals surface area (Å²) in [6, 6.07) is 7.57. The van der Waals surface area contributed by atoms with Gasteiger partial charge in [-0.15, -0.1) is 0 Å². The molecule has 0 bridgehead atoms. The Balaban J connectivity index is 1.81. The second kappa shape index (κ2) is 4.52. The molecule has 0 saturated carbocycles. The topological polar surface area (TPSA) is 26.3 Å². The van der Waals surface area contributed by atoms with E-state index in [4.69, 9.17) is 4.74 Å². The molecule has 2 atom stereocenters. The predicted molar refractivity (Wildman–Crippen MR) is 75.5 cm³/mol. The molecule has 2 aliphatic rings. The van der Waals surface area contributed by atoms with E-state index < -0.39 is 0 Å². The van der Waals surface area contributed by atoms with Crippen molar-refractivity contribution >= 4 is 5.78 Å². The molecule has 0 N–H and O–H groups in total. The lowest BCUT2D eigenvalue weighted by molar-refractivity contribution is 0.0777. The van der Waals surface area contributed by atoms with Crippen molar-refractivity contribution in [3.8, 4) is 5.75 Å². The quantitative estimate of drug-likeness (QED) is 0.743. The number of Topliss-reactive ketones (excluding diaryl/α,β-unsaturated/α-hetero) is 1. The van der Waals surface area contributed by atoms with Gasteiger partial charge in [0.2, 0.25) is 5.78 Å². The van der Waals surface area contributed by atoms with Crippen molar-refractivity contribution in [3.63, 3.8) is 0 Å². The molecule has 1 aliphatic heterocycles. The first-order chi connectivity index (χ1) is 9.10. The molecule has 1 heterocycles. The molecule has 19 heavy (non-hydrogen) atoms. The highest BCUT2D eigenvalue weighted by Gasteiger charge is 2.39. The maximum atomic E-state index is 12.4. The Kier molecular flexibility index (Phi) is 2.96. The zero-order chi connectivity index (χ0) is 13.5. The van der Waals surface area contributed by atoms with Crippen LogP contribution in [-0.2, 0) is 0 Å². The maximum Gasteiger partial charge on any atom is 0.207 e. The first-order valence-electron chi connectivity index (χ1n) is 7.07. The van der Waals surface area contributed by atoms with Crippen LogP contribution in [0.2, 0.25) is 0 Å². The Labute approximate surface area is 114 Å². The summed E-state index contributed by atoms with van der Waals surface area (Å²) in [5.74, 6) is 0.897. The van der Waals surface area contributed by atoms with Crippen molar-refractivity contribution in [2.75, 3.05) is 0 Å². The highest BCUT2D eigenvalue weighted by molar-refractivity contribution is 6.04. The van der Waals surface area contributed by atoms with Crippen molar-refractivity contribution in [1.82, 2.24) is 0 Å². The van der Waals surface area contributed by atoms with Crippen LogP contribution in [0.3, 0.4) is 0 Å². The summed E-state index contributed by atoms with van der Waals surface area (Å²) in [7, 11) is 0. The summed E-state index contributed by atoms with van der Waals surface area (Å²) in [5.41, 5.74) is 2.26. The third kappa shape index (κ3) is 2.09. The van der Waals surface area contributed by atoms with Crippen LogP contribution in [0.5, 0.6) is 5.75 Å². The molecule has 1 aromatic carbocycles. The number of benzene rings is 1. The number of para-hydroxylation sites is 1. The molecule has 0 spiro atoms. The Morgan fingerprint density at radius 1 is 1.37 bits per heavy atom. The standard InChI is InChI=1S/C17H20O2/c1-12-7-5-6-10-17(12,2)11-15-16(18)13-8-3-4-9-14(13)19-15/h3-4,7-9,15H,5-6,10-11H2,1-2H3/t15?,17-/m0/s1. The van der Waals surface area contributed by atoms with Crippen molar-refractivity contribution in [2.24, 2.45) is 5.41 Å². The molecule has 0 saturated heterocycles. The molecule has 1 aromatic rings. The Hall–Kier alpha value is -1.57.